The molecule has 0 saturated heterocycles. The van der Waals surface area contributed by atoms with Crippen LogP contribution in [0.4, 0.5) is 0 Å². The van der Waals surface area contributed by atoms with Crippen LogP contribution in [0, 0.1) is 17.8 Å². The average Bonchev–Trinajstić information content (AvgIpc) is 2.16. The number of hydrogen-bond donors (Lipinski definition) is 0. The van der Waals surface area contributed by atoms with Crippen LogP contribution >= 0.6 is 0 Å². The Balaban J connectivity index is 2.64. The van der Waals surface area contributed by atoms with Crippen molar-refractivity contribution in [3.05, 3.63) is 0 Å². The van der Waals surface area contributed by atoms with Crippen molar-refractivity contribution in [1.82, 2.24) is 0 Å². The van der Waals surface area contributed by atoms with Crippen LogP contribution in [-0.2, 0) is 14.3 Å². The third-order valence-electron chi connectivity index (χ3n) is 3.51. The fourth-order valence-electron chi connectivity index (χ4n) is 2.47. The molecule has 1 fully saturated rings. The van der Waals surface area contributed by atoms with Gasteiger partial charge in [0.15, 0.2) is 0 Å². The van der Waals surface area contributed by atoms with Gasteiger partial charge in [-0.3, -0.25) is 4.79 Å². The Morgan fingerprint density at radius 3 is 2.38 bits per heavy atom. The molecular formula is C13H22O3. The van der Waals surface area contributed by atoms with E-state index in [0.717, 1.165) is 12.8 Å². The molecule has 0 aromatic heterocycles. The summed E-state index contributed by atoms with van der Waals surface area (Å²) in [6.45, 7) is 7.73. The first-order valence-electron chi connectivity index (χ1n) is 6.13. The molecule has 92 valence electrons. The van der Waals surface area contributed by atoms with Crippen LogP contribution in [0.25, 0.3) is 0 Å². The number of carbonyl (C=O) groups is 2. The zero-order chi connectivity index (χ0) is 12.3. The van der Waals surface area contributed by atoms with Gasteiger partial charge >= 0.3 is 5.97 Å². The normalized spacial score (nSPS) is 30.2. The quantitative estimate of drug-likeness (QED) is 0.548. The molecule has 0 aromatic rings. The molecule has 1 saturated carbocycles. The highest BCUT2D eigenvalue weighted by Gasteiger charge is 2.33. The van der Waals surface area contributed by atoms with Crippen LogP contribution in [0.2, 0.25) is 0 Å². The van der Waals surface area contributed by atoms with Gasteiger partial charge in [-0.15, -0.1) is 0 Å². The van der Waals surface area contributed by atoms with Crippen molar-refractivity contribution >= 4 is 11.8 Å². The maximum Gasteiger partial charge on any atom is 0.374 e. The molecule has 3 atom stereocenters. The fraction of sp³-hybridized carbons (Fsp3) is 0.846. The molecule has 0 spiro atoms. The van der Waals surface area contributed by atoms with Gasteiger partial charge in [0, 0.05) is 6.92 Å². The lowest BCUT2D eigenvalue weighted by Gasteiger charge is -2.36. The van der Waals surface area contributed by atoms with Gasteiger partial charge in [-0.2, -0.15) is 0 Å². The van der Waals surface area contributed by atoms with E-state index in [4.69, 9.17) is 4.74 Å². The first kappa shape index (κ1) is 13.2. The minimum Gasteiger partial charge on any atom is -0.456 e. The van der Waals surface area contributed by atoms with Gasteiger partial charge in [0.2, 0.25) is 5.78 Å². The number of rotatable bonds is 3. The summed E-state index contributed by atoms with van der Waals surface area (Å²) in [5.41, 5.74) is 0. The van der Waals surface area contributed by atoms with Gasteiger partial charge < -0.3 is 4.74 Å². The number of carbonyl (C=O) groups excluding carboxylic acids is 2. The van der Waals surface area contributed by atoms with Crippen molar-refractivity contribution in [3.63, 3.8) is 0 Å². The number of ether oxygens (including phenoxy) is 1. The van der Waals surface area contributed by atoms with E-state index >= 15 is 0 Å². The molecule has 3 nitrogen and oxygen atoms in total. The van der Waals surface area contributed by atoms with Crippen LogP contribution in [0.15, 0.2) is 0 Å². The van der Waals surface area contributed by atoms with Gasteiger partial charge in [-0.1, -0.05) is 27.2 Å². The minimum atomic E-state index is -0.676. The van der Waals surface area contributed by atoms with Gasteiger partial charge in [0.05, 0.1) is 0 Å². The predicted molar refractivity (Wildman–Crippen MR) is 61.9 cm³/mol. The van der Waals surface area contributed by atoms with Crippen LogP contribution in [0.1, 0.15) is 47.0 Å². The lowest BCUT2D eigenvalue weighted by Crippen LogP contribution is -2.37. The summed E-state index contributed by atoms with van der Waals surface area (Å²) in [4.78, 5) is 22.2. The molecule has 0 heterocycles. The molecular weight excluding hydrogens is 204 g/mol. The first-order chi connectivity index (χ1) is 7.41. The smallest absolute Gasteiger partial charge is 0.374 e. The summed E-state index contributed by atoms with van der Waals surface area (Å²) < 4.78 is 5.31. The zero-order valence-electron chi connectivity index (χ0n) is 10.7. The number of ketones is 1. The maximum absolute atomic E-state index is 11.3. The Hall–Kier alpha value is -0.860. The summed E-state index contributed by atoms with van der Waals surface area (Å²) >= 11 is 0. The van der Waals surface area contributed by atoms with E-state index in [1.165, 1.54) is 13.3 Å². The Labute approximate surface area is 97.5 Å². The van der Waals surface area contributed by atoms with Gasteiger partial charge in [-0.25, -0.2) is 4.79 Å². The van der Waals surface area contributed by atoms with E-state index in [1.54, 1.807) is 0 Å². The Bertz CT molecular complexity index is 270. The molecule has 16 heavy (non-hydrogen) atoms. The highest BCUT2D eigenvalue weighted by molar-refractivity contribution is 6.32. The van der Waals surface area contributed by atoms with Crippen LogP contribution in [0.5, 0.6) is 0 Å². The largest absolute Gasteiger partial charge is 0.456 e. The predicted octanol–water partition coefficient (Wildman–Crippen LogP) is 2.58. The number of esters is 1. The average molecular weight is 226 g/mol. The fourth-order valence-corrected chi connectivity index (χ4v) is 2.47. The molecule has 0 radical (unpaired) electrons. The Morgan fingerprint density at radius 2 is 1.88 bits per heavy atom. The van der Waals surface area contributed by atoms with E-state index in [1.807, 2.05) is 0 Å². The van der Waals surface area contributed by atoms with Crippen molar-refractivity contribution < 1.29 is 14.3 Å². The topological polar surface area (TPSA) is 43.4 Å². The second kappa shape index (κ2) is 5.46. The minimum absolute atomic E-state index is 0.0693. The zero-order valence-corrected chi connectivity index (χ0v) is 10.7. The molecule has 3 heteroatoms. The van der Waals surface area contributed by atoms with Crippen molar-refractivity contribution in [3.8, 4) is 0 Å². The van der Waals surface area contributed by atoms with Crippen LogP contribution in [0.3, 0.4) is 0 Å². The molecule has 0 unspecified atom stereocenters. The van der Waals surface area contributed by atoms with Gasteiger partial charge in [-0.05, 0) is 30.6 Å². The Kier molecular flexibility index (Phi) is 4.51. The number of Topliss-reactive ketones (excluding diaryl/α,β-unsaturated/α-hetero) is 1. The van der Waals surface area contributed by atoms with E-state index < -0.39 is 11.8 Å². The summed E-state index contributed by atoms with van der Waals surface area (Å²) in [6.07, 6.45) is 3.10. The van der Waals surface area contributed by atoms with Crippen LogP contribution < -0.4 is 0 Å². The van der Waals surface area contributed by atoms with Crippen molar-refractivity contribution in [2.45, 2.75) is 53.1 Å². The van der Waals surface area contributed by atoms with Crippen molar-refractivity contribution in [2.24, 2.45) is 17.8 Å². The van der Waals surface area contributed by atoms with Crippen molar-refractivity contribution in [2.75, 3.05) is 0 Å². The monoisotopic (exact) mass is 226 g/mol. The van der Waals surface area contributed by atoms with E-state index in [9.17, 15) is 9.59 Å². The van der Waals surface area contributed by atoms with Gasteiger partial charge in [0.1, 0.15) is 6.10 Å². The third kappa shape index (κ3) is 3.32. The summed E-state index contributed by atoms with van der Waals surface area (Å²) in [5, 5.41) is 0. The maximum atomic E-state index is 11.3. The lowest BCUT2D eigenvalue weighted by molar-refractivity contribution is -0.162. The molecule has 0 bridgehead atoms. The molecule has 1 aliphatic rings. The number of hydrogen-bond acceptors (Lipinski definition) is 3. The second-order valence-electron chi connectivity index (χ2n) is 5.33. The second-order valence-corrected chi connectivity index (χ2v) is 5.33. The summed E-state index contributed by atoms with van der Waals surface area (Å²) in [6, 6.07) is 0. The molecule has 0 aliphatic heterocycles. The van der Waals surface area contributed by atoms with E-state index in [-0.39, 0.29) is 6.10 Å². The summed E-state index contributed by atoms with van der Waals surface area (Å²) in [7, 11) is 0. The SMILES string of the molecule is CC(=O)C(=O)O[C@@H]1C[C@H](C)CC[C@H]1C(C)C. The molecule has 0 aromatic carbocycles. The Morgan fingerprint density at radius 1 is 1.25 bits per heavy atom. The molecule has 1 rings (SSSR count). The van der Waals surface area contributed by atoms with E-state index in [0.29, 0.717) is 17.8 Å². The summed E-state index contributed by atoms with van der Waals surface area (Å²) in [5.74, 6) is 0.307. The molecule has 1 aliphatic carbocycles. The molecule has 0 amide bonds. The highest BCUT2D eigenvalue weighted by atomic mass is 16.5. The standard InChI is InChI=1S/C13H22O3/c1-8(2)11-6-5-9(3)7-12(11)16-13(15)10(4)14/h8-9,11-12H,5-7H2,1-4H3/t9-,11+,12-/m1/s1. The van der Waals surface area contributed by atoms with Gasteiger partial charge in [0.25, 0.3) is 0 Å². The van der Waals surface area contributed by atoms with Crippen LogP contribution in [-0.4, -0.2) is 17.9 Å². The lowest BCUT2D eigenvalue weighted by atomic mass is 9.75. The third-order valence-corrected chi connectivity index (χ3v) is 3.51. The van der Waals surface area contributed by atoms with E-state index in [2.05, 4.69) is 20.8 Å². The first-order valence-corrected chi connectivity index (χ1v) is 6.13. The van der Waals surface area contributed by atoms with Crippen molar-refractivity contribution in [1.29, 1.82) is 0 Å². The molecule has 0 N–H and O–H groups in total. The highest BCUT2D eigenvalue weighted by Crippen LogP contribution is 2.35.